The van der Waals surface area contributed by atoms with Crippen LogP contribution in [-0.4, -0.2) is 50.0 Å². The number of pyridine rings is 1. The van der Waals surface area contributed by atoms with Crippen LogP contribution in [0, 0.1) is 12.7 Å². The van der Waals surface area contributed by atoms with Gasteiger partial charge >= 0.3 is 6.09 Å². The van der Waals surface area contributed by atoms with Crippen molar-refractivity contribution in [3.63, 3.8) is 0 Å². The summed E-state index contributed by atoms with van der Waals surface area (Å²) in [4.78, 5) is 22.9. The number of aliphatic hydroxyl groups excluding tert-OH is 1. The first-order valence-electron chi connectivity index (χ1n) is 9.79. The lowest BCUT2D eigenvalue weighted by Crippen LogP contribution is -2.32. The molecule has 0 saturated carbocycles. The molecule has 1 fully saturated rings. The molecule has 158 valence electrons. The van der Waals surface area contributed by atoms with Gasteiger partial charge in [0.15, 0.2) is 5.75 Å². The fourth-order valence-electron chi connectivity index (χ4n) is 3.66. The van der Waals surface area contributed by atoms with E-state index in [1.807, 2.05) is 13.0 Å². The number of hydrogen-bond acceptors (Lipinski definition) is 7. The minimum atomic E-state index is -0.696. The number of ether oxygens (including phenoxy) is 1. The summed E-state index contributed by atoms with van der Waals surface area (Å²) in [5, 5.41) is 15.9. The molecule has 0 spiro atoms. The van der Waals surface area contributed by atoms with Crippen LogP contribution in [0.4, 0.5) is 15.0 Å². The number of nitrogens with one attached hydrogen (secondary N) is 1. The normalized spacial score (nSPS) is 17.3. The monoisotopic (exact) mass is 414 g/mol. The fraction of sp³-hybridized carbons (Fsp3) is 0.400. The van der Waals surface area contributed by atoms with E-state index in [0.717, 1.165) is 30.6 Å². The van der Waals surface area contributed by atoms with Crippen LogP contribution in [0.5, 0.6) is 5.75 Å². The van der Waals surface area contributed by atoms with Crippen LogP contribution in [0.25, 0.3) is 5.65 Å². The zero-order chi connectivity index (χ0) is 21.3. The van der Waals surface area contributed by atoms with Gasteiger partial charge in [-0.2, -0.15) is 5.10 Å². The van der Waals surface area contributed by atoms with Gasteiger partial charge in [-0.15, -0.1) is 0 Å². The number of amides is 1. The van der Waals surface area contributed by atoms with Crippen molar-refractivity contribution in [3.8, 4) is 5.75 Å². The standard InChI is InChI=1S/C20H23FN6O3/c1-12(28)9-23-20(29)30-17-11-24-27-7-5-18(25-19(17)27)26-6-3-4-16(26)15-8-14(21)10-22-13(15)2/h5,7-8,10-12,16,28H,3-4,6,9H2,1-2H3,(H,23,29)/t12-,16-/m1/s1. The molecule has 10 heteroatoms. The number of fused-ring (bicyclic) bond motifs is 1. The fourth-order valence-corrected chi connectivity index (χ4v) is 3.66. The number of halogens is 1. The van der Waals surface area contributed by atoms with E-state index in [1.165, 1.54) is 23.0 Å². The second kappa shape index (κ2) is 8.23. The Morgan fingerprint density at radius 1 is 1.47 bits per heavy atom. The summed E-state index contributed by atoms with van der Waals surface area (Å²) in [6, 6.07) is 3.33. The molecule has 0 aromatic carbocycles. The van der Waals surface area contributed by atoms with E-state index in [2.05, 4.69) is 25.3 Å². The summed E-state index contributed by atoms with van der Waals surface area (Å²) in [6.07, 6.45) is 4.81. The Balaban J connectivity index is 1.61. The number of aryl methyl sites for hydroxylation is 1. The average molecular weight is 414 g/mol. The largest absolute Gasteiger partial charge is 0.412 e. The highest BCUT2D eigenvalue weighted by Crippen LogP contribution is 2.37. The minimum absolute atomic E-state index is 0.0372. The van der Waals surface area contributed by atoms with Crippen molar-refractivity contribution in [2.24, 2.45) is 0 Å². The lowest BCUT2D eigenvalue weighted by molar-refractivity contribution is 0.172. The molecule has 2 atom stereocenters. The van der Waals surface area contributed by atoms with Crippen molar-refractivity contribution < 1.29 is 19.0 Å². The molecule has 30 heavy (non-hydrogen) atoms. The summed E-state index contributed by atoms with van der Waals surface area (Å²) in [5.74, 6) is 0.531. The highest BCUT2D eigenvalue weighted by Gasteiger charge is 2.29. The second-order valence-corrected chi connectivity index (χ2v) is 7.36. The van der Waals surface area contributed by atoms with E-state index < -0.39 is 12.2 Å². The molecule has 1 saturated heterocycles. The highest BCUT2D eigenvalue weighted by molar-refractivity contribution is 5.73. The maximum atomic E-state index is 13.8. The quantitative estimate of drug-likeness (QED) is 0.660. The maximum absolute atomic E-state index is 13.8. The van der Waals surface area contributed by atoms with Crippen molar-refractivity contribution in [1.29, 1.82) is 0 Å². The van der Waals surface area contributed by atoms with Gasteiger partial charge in [-0.25, -0.2) is 18.7 Å². The van der Waals surface area contributed by atoms with E-state index in [1.54, 1.807) is 13.1 Å². The van der Waals surface area contributed by atoms with Crippen molar-refractivity contribution >= 4 is 17.6 Å². The molecular weight excluding hydrogens is 391 g/mol. The summed E-state index contributed by atoms with van der Waals surface area (Å²) in [7, 11) is 0. The number of aromatic nitrogens is 4. The van der Waals surface area contributed by atoms with Gasteiger partial charge in [0.2, 0.25) is 5.65 Å². The van der Waals surface area contributed by atoms with Crippen molar-refractivity contribution in [2.45, 2.75) is 38.8 Å². The third-order valence-electron chi connectivity index (χ3n) is 5.07. The molecule has 0 bridgehead atoms. The molecular formula is C20H23FN6O3. The maximum Gasteiger partial charge on any atom is 0.412 e. The number of nitrogens with zero attached hydrogens (tertiary/aromatic N) is 5. The molecule has 1 aliphatic heterocycles. The van der Waals surface area contributed by atoms with Crippen LogP contribution in [0.1, 0.15) is 37.1 Å². The van der Waals surface area contributed by atoms with Gasteiger partial charge in [0.1, 0.15) is 11.6 Å². The van der Waals surface area contributed by atoms with Crippen LogP contribution >= 0.6 is 0 Å². The number of rotatable bonds is 5. The first-order chi connectivity index (χ1) is 14.4. The summed E-state index contributed by atoms with van der Waals surface area (Å²) < 4.78 is 20.6. The van der Waals surface area contributed by atoms with E-state index in [9.17, 15) is 14.3 Å². The first-order valence-corrected chi connectivity index (χ1v) is 9.79. The van der Waals surface area contributed by atoms with Crippen LogP contribution < -0.4 is 15.0 Å². The van der Waals surface area contributed by atoms with Crippen LogP contribution in [0.15, 0.2) is 30.7 Å². The third-order valence-corrected chi connectivity index (χ3v) is 5.07. The Labute approximate surface area is 172 Å². The predicted octanol–water partition coefficient (Wildman–Crippen LogP) is 2.38. The molecule has 4 rings (SSSR count). The summed E-state index contributed by atoms with van der Waals surface area (Å²) >= 11 is 0. The van der Waals surface area contributed by atoms with E-state index in [4.69, 9.17) is 4.74 Å². The van der Waals surface area contributed by atoms with Crippen molar-refractivity contribution in [1.82, 2.24) is 24.9 Å². The van der Waals surface area contributed by atoms with Crippen LogP contribution in [0.3, 0.4) is 0 Å². The molecule has 0 unspecified atom stereocenters. The highest BCUT2D eigenvalue weighted by atomic mass is 19.1. The molecule has 9 nitrogen and oxygen atoms in total. The molecule has 1 amide bonds. The van der Waals surface area contributed by atoms with Gasteiger partial charge in [-0.05, 0) is 44.4 Å². The number of hydrogen-bond donors (Lipinski definition) is 2. The van der Waals surface area contributed by atoms with Gasteiger partial charge in [-0.1, -0.05) is 0 Å². The SMILES string of the molecule is Cc1ncc(F)cc1[C@H]1CCCN1c1ccn2ncc(OC(=O)NC[C@@H](C)O)c2n1. The smallest absolute Gasteiger partial charge is 0.405 e. The Morgan fingerprint density at radius 3 is 3.10 bits per heavy atom. The zero-order valence-electron chi connectivity index (χ0n) is 16.7. The molecule has 3 aromatic heterocycles. The molecule has 0 aliphatic carbocycles. The average Bonchev–Trinajstić information content (AvgIpc) is 3.35. The zero-order valence-corrected chi connectivity index (χ0v) is 16.7. The van der Waals surface area contributed by atoms with Gasteiger partial charge in [0.05, 0.1) is 24.5 Å². The number of aliphatic hydroxyl groups is 1. The first kappa shape index (κ1) is 20.0. The Kier molecular flexibility index (Phi) is 5.49. The number of anilines is 1. The van der Waals surface area contributed by atoms with Crippen LogP contribution in [-0.2, 0) is 0 Å². The van der Waals surface area contributed by atoms with Gasteiger partial charge in [0.25, 0.3) is 0 Å². The predicted molar refractivity (Wildman–Crippen MR) is 107 cm³/mol. The van der Waals surface area contributed by atoms with Crippen molar-refractivity contribution in [3.05, 3.63) is 47.8 Å². The third kappa shape index (κ3) is 4.04. The number of carbonyl (C=O) groups is 1. The molecule has 0 radical (unpaired) electrons. The lowest BCUT2D eigenvalue weighted by Gasteiger charge is -2.27. The lowest BCUT2D eigenvalue weighted by atomic mass is 10.0. The molecule has 3 aromatic rings. The Morgan fingerprint density at radius 2 is 2.30 bits per heavy atom. The van der Waals surface area contributed by atoms with Crippen LogP contribution in [0.2, 0.25) is 0 Å². The molecule has 4 heterocycles. The van der Waals surface area contributed by atoms with E-state index >= 15 is 0 Å². The molecule has 2 N–H and O–H groups in total. The van der Waals surface area contributed by atoms with Crippen molar-refractivity contribution in [2.75, 3.05) is 18.0 Å². The van der Waals surface area contributed by atoms with Gasteiger partial charge in [-0.3, -0.25) is 4.98 Å². The Bertz CT molecular complexity index is 1070. The topological polar surface area (TPSA) is 105 Å². The van der Waals surface area contributed by atoms with E-state index in [-0.39, 0.29) is 24.2 Å². The van der Waals surface area contributed by atoms with E-state index in [0.29, 0.717) is 11.5 Å². The Hall–Kier alpha value is -3.27. The minimum Gasteiger partial charge on any atom is -0.405 e. The van der Waals surface area contributed by atoms with Gasteiger partial charge < -0.3 is 20.1 Å². The van der Waals surface area contributed by atoms with Gasteiger partial charge in [0, 0.05) is 25.0 Å². The summed E-state index contributed by atoms with van der Waals surface area (Å²) in [6.45, 7) is 4.28. The number of carbonyl (C=O) groups excluding carboxylic acids is 1. The summed E-state index contributed by atoms with van der Waals surface area (Å²) in [5.41, 5.74) is 2.02. The second-order valence-electron chi connectivity index (χ2n) is 7.36. The molecule has 1 aliphatic rings.